The van der Waals surface area contributed by atoms with Gasteiger partial charge in [0.05, 0.1) is 12.8 Å². The van der Waals surface area contributed by atoms with Crippen LogP contribution in [-0.2, 0) is 52.7 Å². The Morgan fingerprint density at radius 3 is 1.36 bits per heavy atom. The van der Waals surface area contributed by atoms with E-state index >= 15 is 0 Å². The number of carbonyl (C=O) groups is 10. The van der Waals surface area contributed by atoms with Crippen LogP contribution in [0.4, 0.5) is 0 Å². The largest absolute Gasteiger partial charge is 0.481 e. The number of nitrogens with one attached hydrogen (secondary N) is 7. The molecular weight excluding hydrogens is 943 g/mol. The van der Waals surface area contributed by atoms with E-state index in [0.29, 0.717) is 12.3 Å². The van der Waals surface area contributed by atoms with Crippen LogP contribution < -0.4 is 37.2 Å². The van der Waals surface area contributed by atoms with Crippen molar-refractivity contribution in [2.45, 2.75) is 241 Å². The summed E-state index contributed by atoms with van der Waals surface area (Å²) in [6.07, 6.45) is 4.97. The molecule has 9 N–H and O–H groups in total. The van der Waals surface area contributed by atoms with Gasteiger partial charge in [0.1, 0.15) is 48.4 Å². The first kappa shape index (κ1) is 65.7. The Labute approximate surface area is 434 Å². The fraction of sp³-hybridized carbons (Fsp3) is 0.811. The molecule has 0 aromatic heterocycles. The second-order valence-electron chi connectivity index (χ2n) is 22.2. The van der Waals surface area contributed by atoms with Crippen molar-refractivity contribution in [1.29, 1.82) is 0 Å². The molecule has 7 amide bonds. The number of carbonyl (C=O) groups excluding carboxylic acids is 8. The molecule has 1 heterocycles. The zero-order valence-corrected chi connectivity index (χ0v) is 46.0. The highest BCUT2D eigenvalue weighted by atomic mass is 16.5. The fourth-order valence-electron chi connectivity index (χ4n) is 8.54. The van der Waals surface area contributed by atoms with Gasteiger partial charge in [0.2, 0.25) is 41.4 Å². The molecule has 1 saturated heterocycles. The van der Waals surface area contributed by atoms with Crippen LogP contribution in [-0.4, -0.2) is 118 Å². The van der Waals surface area contributed by atoms with Crippen molar-refractivity contribution in [2.75, 3.05) is 0 Å². The molecule has 1 aliphatic heterocycles. The lowest BCUT2D eigenvalue weighted by Crippen LogP contribution is -2.61. The Morgan fingerprint density at radius 2 is 0.904 bits per heavy atom. The van der Waals surface area contributed by atoms with Gasteiger partial charge in [-0.15, -0.1) is 0 Å². The van der Waals surface area contributed by atoms with Gasteiger partial charge >= 0.3 is 17.9 Å². The molecule has 9 atom stereocenters. The van der Waals surface area contributed by atoms with Gasteiger partial charge in [-0.05, 0) is 80.5 Å². The minimum absolute atomic E-state index is 0.0392. The van der Waals surface area contributed by atoms with E-state index < -0.39 is 133 Å². The third-order valence-electron chi connectivity index (χ3n) is 12.8. The lowest BCUT2D eigenvalue weighted by molar-refractivity contribution is -0.155. The topological polar surface area (TPSA) is 305 Å². The summed E-state index contributed by atoms with van der Waals surface area (Å²) in [5.74, 6) is -10.1. The first-order valence-corrected chi connectivity index (χ1v) is 26.9. The molecule has 0 radical (unpaired) electrons. The normalized spacial score (nSPS) is 24.4. The average molecular weight is 1040 g/mol. The molecular formula is C53H93N7O13. The van der Waals surface area contributed by atoms with Crippen LogP contribution >= 0.6 is 0 Å². The van der Waals surface area contributed by atoms with Gasteiger partial charge < -0.3 is 52.2 Å². The van der Waals surface area contributed by atoms with Crippen molar-refractivity contribution < 1.29 is 62.9 Å². The minimum atomic E-state index is -1.72. The summed E-state index contributed by atoms with van der Waals surface area (Å²) < 4.78 is 6.04. The van der Waals surface area contributed by atoms with E-state index in [2.05, 4.69) is 51.1 Å². The third kappa shape index (κ3) is 27.5. The predicted molar refractivity (Wildman–Crippen MR) is 276 cm³/mol. The molecule has 20 nitrogen and oxygen atoms in total. The molecule has 418 valence electrons. The molecule has 0 bridgehead atoms. The zero-order chi connectivity index (χ0) is 55.5. The van der Waals surface area contributed by atoms with Crippen molar-refractivity contribution >= 4 is 59.3 Å². The third-order valence-corrected chi connectivity index (χ3v) is 12.8. The molecule has 0 spiro atoms. The first-order chi connectivity index (χ1) is 34.1. The Morgan fingerprint density at radius 1 is 0.493 bits per heavy atom. The van der Waals surface area contributed by atoms with Gasteiger partial charge in [-0.3, -0.25) is 43.2 Å². The Kier molecular flexibility index (Phi) is 30.8. The Hall–Kier alpha value is -5.30. The average Bonchev–Trinajstić information content (AvgIpc) is 3.27. The number of cyclic esters (lactones) is 1. The second kappa shape index (κ2) is 34.2. The summed E-state index contributed by atoms with van der Waals surface area (Å²) in [7, 11) is 0. The summed E-state index contributed by atoms with van der Waals surface area (Å²) in [5.41, 5.74) is 0. The molecule has 0 aromatic rings. The van der Waals surface area contributed by atoms with Gasteiger partial charge in [0, 0.05) is 6.42 Å². The van der Waals surface area contributed by atoms with E-state index in [1.165, 1.54) is 0 Å². The molecule has 73 heavy (non-hydrogen) atoms. The molecule has 1 fully saturated rings. The first-order valence-electron chi connectivity index (χ1n) is 26.9. The number of amides is 7. The van der Waals surface area contributed by atoms with Crippen molar-refractivity contribution in [3.05, 3.63) is 0 Å². The number of rotatable bonds is 24. The van der Waals surface area contributed by atoms with E-state index in [-0.39, 0.29) is 62.2 Å². The highest BCUT2D eigenvalue weighted by molar-refractivity contribution is 5.98. The van der Waals surface area contributed by atoms with Gasteiger partial charge in [-0.2, -0.15) is 0 Å². The monoisotopic (exact) mass is 1040 g/mol. The van der Waals surface area contributed by atoms with Crippen molar-refractivity contribution in [1.82, 2.24) is 37.2 Å². The molecule has 0 aromatic carbocycles. The number of unbranched alkanes of at least 4 members (excludes halogenated alkanes) is 5. The summed E-state index contributed by atoms with van der Waals surface area (Å²) in [4.78, 5) is 137. The molecule has 0 saturated carbocycles. The minimum Gasteiger partial charge on any atom is -0.481 e. The van der Waals surface area contributed by atoms with Crippen molar-refractivity contribution in [3.63, 3.8) is 0 Å². The second-order valence-corrected chi connectivity index (χ2v) is 22.2. The van der Waals surface area contributed by atoms with E-state index in [1.54, 1.807) is 55.4 Å². The van der Waals surface area contributed by atoms with E-state index in [0.717, 1.165) is 44.9 Å². The van der Waals surface area contributed by atoms with Crippen LogP contribution in [0.1, 0.15) is 192 Å². The maximum absolute atomic E-state index is 14.2. The molecule has 0 unspecified atom stereocenters. The summed E-state index contributed by atoms with van der Waals surface area (Å²) in [6, 6.07) is -9.64. The summed E-state index contributed by atoms with van der Waals surface area (Å²) >= 11 is 0. The fourth-order valence-corrected chi connectivity index (χ4v) is 8.54. The van der Waals surface area contributed by atoms with Crippen LogP contribution in [0, 0.1) is 35.5 Å². The van der Waals surface area contributed by atoms with E-state index in [4.69, 9.17) is 4.74 Å². The molecule has 20 heteroatoms. The lowest BCUT2D eigenvalue weighted by atomic mass is 9.98. The van der Waals surface area contributed by atoms with Crippen LogP contribution in [0.25, 0.3) is 0 Å². The number of esters is 1. The Balaban J connectivity index is 3.96. The lowest BCUT2D eigenvalue weighted by Gasteiger charge is -2.29. The molecule has 1 rings (SSSR count). The van der Waals surface area contributed by atoms with Crippen LogP contribution in [0.2, 0.25) is 0 Å². The number of ether oxygens (including phenoxy) is 1. The summed E-state index contributed by atoms with van der Waals surface area (Å²) in [5, 5.41) is 37.9. The number of hydrogen-bond acceptors (Lipinski definition) is 11. The van der Waals surface area contributed by atoms with Gasteiger partial charge in [0.15, 0.2) is 0 Å². The predicted octanol–water partition coefficient (Wildman–Crippen LogP) is 5.04. The number of carboxylic acid groups (broad SMARTS) is 2. The van der Waals surface area contributed by atoms with Crippen molar-refractivity contribution in [2.24, 2.45) is 35.5 Å². The van der Waals surface area contributed by atoms with Gasteiger partial charge in [-0.1, -0.05) is 128 Å². The van der Waals surface area contributed by atoms with Crippen LogP contribution in [0.3, 0.4) is 0 Å². The van der Waals surface area contributed by atoms with Gasteiger partial charge in [-0.25, -0.2) is 4.79 Å². The van der Waals surface area contributed by atoms with Crippen molar-refractivity contribution in [3.8, 4) is 0 Å². The Bertz CT molecular complexity index is 1810. The van der Waals surface area contributed by atoms with E-state index in [1.807, 2.05) is 13.8 Å². The van der Waals surface area contributed by atoms with E-state index in [9.17, 15) is 58.2 Å². The van der Waals surface area contributed by atoms with Crippen LogP contribution in [0.5, 0.6) is 0 Å². The van der Waals surface area contributed by atoms with Crippen LogP contribution in [0.15, 0.2) is 0 Å². The highest BCUT2D eigenvalue weighted by Crippen LogP contribution is 2.19. The smallest absolute Gasteiger partial charge is 0.328 e. The number of hydrogen-bond donors (Lipinski definition) is 9. The maximum atomic E-state index is 14.2. The molecule has 0 aliphatic carbocycles. The SMILES string of the molecule is CC[C@H](C)CCCCCCCC[C@@H]1CC(=O)N[C@@H](CCC(=O)O)C(=O)N[C@@H](CC(C)C)C(=O)N[C@@H](CC(C)C)C(=O)N[C@@H](C(C)C)C(=O)N[C@@H](CC(=O)O)C(=O)N[C@@H](CC(C)C)C(=O)N[C@@H](CC(C)C)C(=O)O1. The maximum Gasteiger partial charge on any atom is 0.328 e. The summed E-state index contributed by atoms with van der Waals surface area (Å²) in [6.45, 7) is 22.1. The number of aliphatic carboxylic acids is 2. The van der Waals surface area contributed by atoms with Gasteiger partial charge in [0.25, 0.3) is 0 Å². The molecule has 1 aliphatic rings. The quantitative estimate of drug-likeness (QED) is 0.0453. The zero-order valence-electron chi connectivity index (χ0n) is 46.0. The standard InChI is InChI=1S/C53H93N7O13/c1-13-35(12)20-18-16-14-15-17-19-21-36-28-43(61)54-37(22-23-44(62)63)47(66)55-38(24-30(2)3)48(67)57-40(26-32(6)7)51(70)60-46(34(10)11)52(71)58-41(29-45(64)65)50(69)56-39(25-31(4)5)49(68)59-42(27-33(8)9)53(72)73-36/h30-42,46H,13-29H2,1-12H3,(H,54,61)(H,55,66)(H,56,69)(H,57,67)(H,58,71)(H,59,68)(H,60,70)(H,62,63)(H,64,65)/t35-,36+,37-,38-,39-,40-,41-,42-,46-/m0/s1. The number of carboxylic acids is 2. The highest BCUT2D eigenvalue weighted by Gasteiger charge is 2.37.